The number of rotatable bonds is 6. The molecule has 0 aliphatic carbocycles. The van der Waals surface area contributed by atoms with E-state index in [4.69, 9.17) is 0 Å². The van der Waals surface area contributed by atoms with Gasteiger partial charge in [-0.2, -0.15) is 5.26 Å². The Kier molecular flexibility index (Phi) is 6.01. The highest BCUT2D eigenvalue weighted by atomic mass is 32.2. The first-order valence-corrected chi connectivity index (χ1v) is 10.7. The van der Waals surface area contributed by atoms with Gasteiger partial charge in [0, 0.05) is 10.3 Å². The van der Waals surface area contributed by atoms with Crippen molar-refractivity contribution >= 4 is 39.2 Å². The Balaban J connectivity index is 1.83. The van der Waals surface area contributed by atoms with Crippen molar-refractivity contribution in [3.63, 3.8) is 0 Å². The van der Waals surface area contributed by atoms with Crippen molar-refractivity contribution in [1.82, 2.24) is 15.3 Å². The summed E-state index contributed by atoms with van der Waals surface area (Å²) in [4.78, 5) is 23.5. The van der Waals surface area contributed by atoms with E-state index in [1.807, 2.05) is 39.0 Å². The third-order valence-corrected chi connectivity index (χ3v) is 6.99. The van der Waals surface area contributed by atoms with Gasteiger partial charge in [0.2, 0.25) is 5.91 Å². The standard InChI is InChI=1S/C21H22N4OS2/c1-13(2)21(4,11-22)25-18(26)14(3)27-19-16-10-17(15-8-6-5-7-9-15)28-20(16)24-12-23-19/h5-10,12-14H,1-4H3,(H,25,26)/t14-,21-/m1/s1. The van der Waals surface area contributed by atoms with Gasteiger partial charge in [-0.1, -0.05) is 55.9 Å². The highest BCUT2D eigenvalue weighted by Gasteiger charge is 2.32. The molecule has 3 rings (SSSR count). The van der Waals surface area contributed by atoms with Crippen LogP contribution < -0.4 is 5.32 Å². The molecule has 0 aliphatic rings. The number of carbonyl (C=O) groups is 1. The normalized spacial score (nSPS) is 14.4. The van der Waals surface area contributed by atoms with E-state index < -0.39 is 5.54 Å². The monoisotopic (exact) mass is 410 g/mol. The Hall–Kier alpha value is -2.43. The number of nitrogens with one attached hydrogen (secondary N) is 1. The molecule has 5 nitrogen and oxygen atoms in total. The predicted molar refractivity (Wildman–Crippen MR) is 115 cm³/mol. The molecule has 0 unspecified atom stereocenters. The molecule has 0 radical (unpaired) electrons. The number of amides is 1. The van der Waals surface area contributed by atoms with Gasteiger partial charge in [-0.25, -0.2) is 9.97 Å². The van der Waals surface area contributed by atoms with E-state index in [1.165, 1.54) is 18.1 Å². The number of nitrogens with zero attached hydrogens (tertiary/aromatic N) is 3. The van der Waals surface area contributed by atoms with Gasteiger partial charge in [0.05, 0.1) is 11.3 Å². The Morgan fingerprint density at radius 3 is 2.61 bits per heavy atom. The van der Waals surface area contributed by atoms with Crippen LogP contribution in [0.1, 0.15) is 27.7 Å². The van der Waals surface area contributed by atoms with E-state index in [9.17, 15) is 10.1 Å². The van der Waals surface area contributed by atoms with Gasteiger partial charge < -0.3 is 5.32 Å². The van der Waals surface area contributed by atoms with E-state index >= 15 is 0 Å². The molecular weight excluding hydrogens is 388 g/mol. The number of nitriles is 1. The molecule has 0 saturated heterocycles. The predicted octanol–water partition coefficient (Wildman–Crippen LogP) is 4.89. The van der Waals surface area contributed by atoms with Gasteiger partial charge in [0.15, 0.2) is 0 Å². The van der Waals surface area contributed by atoms with Gasteiger partial charge in [-0.15, -0.1) is 11.3 Å². The van der Waals surface area contributed by atoms with Crippen LogP contribution in [0.5, 0.6) is 0 Å². The van der Waals surface area contributed by atoms with Crippen molar-refractivity contribution in [3.05, 3.63) is 42.7 Å². The van der Waals surface area contributed by atoms with Crippen LogP contribution in [-0.2, 0) is 4.79 Å². The number of hydrogen-bond donors (Lipinski definition) is 1. The lowest BCUT2D eigenvalue weighted by Crippen LogP contribution is -2.51. The van der Waals surface area contributed by atoms with Crippen LogP contribution >= 0.6 is 23.1 Å². The van der Waals surface area contributed by atoms with Crippen molar-refractivity contribution in [1.29, 1.82) is 5.26 Å². The molecule has 144 valence electrons. The number of benzene rings is 1. The fraction of sp³-hybridized carbons (Fsp3) is 0.333. The fourth-order valence-electron chi connectivity index (χ4n) is 2.55. The number of thioether (sulfide) groups is 1. The minimum absolute atomic E-state index is 0.00899. The number of hydrogen-bond acceptors (Lipinski definition) is 6. The second-order valence-corrected chi connectivity index (χ2v) is 9.45. The summed E-state index contributed by atoms with van der Waals surface area (Å²) in [6.07, 6.45) is 1.54. The third kappa shape index (κ3) is 4.18. The highest BCUT2D eigenvalue weighted by Crippen LogP contribution is 2.37. The summed E-state index contributed by atoms with van der Waals surface area (Å²) in [7, 11) is 0. The number of fused-ring (bicyclic) bond motifs is 1. The average Bonchev–Trinajstić information content (AvgIpc) is 3.13. The van der Waals surface area contributed by atoms with Crippen LogP contribution in [0.25, 0.3) is 20.7 Å². The molecule has 0 saturated carbocycles. The van der Waals surface area contributed by atoms with Crippen molar-refractivity contribution in [2.75, 3.05) is 0 Å². The zero-order valence-electron chi connectivity index (χ0n) is 16.3. The number of carbonyl (C=O) groups excluding carboxylic acids is 1. The highest BCUT2D eigenvalue weighted by molar-refractivity contribution is 8.00. The zero-order chi connectivity index (χ0) is 20.3. The van der Waals surface area contributed by atoms with Crippen molar-refractivity contribution < 1.29 is 4.79 Å². The number of thiophene rings is 1. The molecule has 3 aromatic rings. The second kappa shape index (κ2) is 8.29. The summed E-state index contributed by atoms with van der Waals surface area (Å²) in [6.45, 7) is 7.43. The second-order valence-electron chi connectivity index (χ2n) is 7.09. The van der Waals surface area contributed by atoms with Crippen LogP contribution in [0, 0.1) is 17.2 Å². The maximum atomic E-state index is 12.7. The molecule has 7 heteroatoms. The van der Waals surface area contributed by atoms with Crippen LogP contribution in [0.15, 0.2) is 47.8 Å². The molecule has 1 N–H and O–H groups in total. The topological polar surface area (TPSA) is 78.7 Å². The van der Waals surface area contributed by atoms with Crippen LogP contribution in [0.4, 0.5) is 0 Å². The average molecular weight is 411 g/mol. The lowest BCUT2D eigenvalue weighted by molar-refractivity contribution is -0.121. The Morgan fingerprint density at radius 1 is 1.25 bits per heavy atom. The van der Waals surface area contributed by atoms with Crippen LogP contribution in [0.3, 0.4) is 0 Å². The first-order chi connectivity index (χ1) is 13.3. The van der Waals surface area contributed by atoms with Gasteiger partial charge in [-0.3, -0.25) is 4.79 Å². The smallest absolute Gasteiger partial charge is 0.234 e. The minimum Gasteiger partial charge on any atom is -0.337 e. The molecular formula is C21H22N4OS2. The quantitative estimate of drug-likeness (QED) is 0.462. The molecule has 2 aromatic heterocycles. The van der Waals surface area contributed by atoms with E-state index in [2.05, 4.69) is 39.6 Å². The lowest BCUT2D eigenvalue weighted by Gasteiger charge is -2.28. The molecule has 0 bridgehead atoms. The summed E-state index contributed by atoms with van der Waals surface area (Å²) < 4.78 is 0. The van der Waals surface area contributed by atoms with Crippen LogP contribution in [0.2, 0.25) is 0 Å². The summed E-state index contributed by atoms with van der Waals surface area (Å²) >= 11 is 3.00. The van der Waals surface area contributed by atoms with E-state index in [0.29, 0.717) is 0 Å². The Bertz CT molecular complexity index is 1030. The summed E-state index contributed by atoms with van der Waals surface area (Å²) in [5.74, 6) is -0.164. The SMILES string of the molecule is CC(C)[C@@](C)(C#N)NC(=O)[C@@H](C)Sc1ncnc2sc(-c3ccccc3)cc12. The summed E-state index contributed by atoms with van der Waals surface area (Å²) in [5.41, 5.74) is 0.240. The van der Waals surface area contributed by atoms with E-state index in [-0.39, 0.29) is 17.1 Å². The largest absolute Gasteiger partial charge is 0.337 e. The fourth-order valence-corrected chi connectivity index (χ4v) is 4.51. The molecule has 0 fully saturated rings. The minimum atomic E-state index is -0.893. The van der Waals surface area contributed by atoms with Gasteiger partial charge >= 0.3 is 0 Å². The maximum absolute atomic E-state index is 12.7. The van der Waals surface area contributed by atoms with Gasteiger partial charge in [-0.05, 0) is 31.4 Å². The summed E-state index contributed by atoms with van der Waals surface area (Å²) in [6, 6.07) is 14.4. The van der Waals surface area contributed by atoms with Crippen molar-refractivity contribution in [3.8, 4) is 16.5 Å². The molecule has 2 atom stereocenters. The van der Waals surface area contributed by atoms with Gasteiger partial charge in [0.1, 0.15) is 21.7 Å². The molecule has 1 aromatic carbocycles. The van der Waals surface area contributed by atoms with Crippen molar-refractivity contribution in [2.45, 2.75) is 43.5 Å². The van der Waals surface area contributed by atoms with E-state index in [0.717, 1.165) is 25.7 Å². The van der Waals surface area contributed by atoms with Crippen LogP contribution in [-0.4, -0.2) is 26.7 Å². The Morgan fingerprint density at radius 2 is 1.96 bits per heavy atom. The third-order valence-electron chi connectivity index (χ3n) is 4.78. The molecule has 28 heavy (non-hydrogen) atoms. The lowest BCUT2D eigenvalue weighted by atomic mass is 9.90. The number of aromatic nitrogens is 2. The first-order valence-electron chi connectivity index (χ1n) is 9.04. The van der Waals surface area contributed by atoms with Crippen molar-refractivity contribution in [2.24, 2.45) is 5.92 Å². The molecule has 0 aliphatic heterocycles. The first kappa shape index (κ1) is 20.3. The summed E-state index contributed by atoms with van der Waals surface area (Å²) in [5, 5.41) is 13.7. The molecule has 2 heterocycles. The molecule has 1 amide bonds. The molecule has 0 spiro atoms. The zero-order valence-corrected chi connectivity index (χ0v) is 17.9. The van der Waals surface area contributed by atoms with Gasteiger partial charge in [0.25, 0.3) is 0 Å². The Labute approximate surface area is 173 Å². The van der Waals surface area contributed by atoms with E-state index in [1.54, 1.807) is 18.3 Å². The maximum Gasteiger partial charge on any atom is 0.234 e.